The third-order valence-corrected chi connectivity index (χ3v) is 3.11. The van der Waals surface area contributed by atoms with E-state index < -0.39 is 12.1 Å². The fourth-order valence-corrected chi connectivity index (χ4v) is 2.05. The van der Waals surface area contributed by atoms with E-state index >= 15 is 0 Å². The molecule has 1 aliphatic rings. The smallest absolute Gasteiger partial charge is 0.320 e. The molecule has 3 amide bonds. The number of hydrogen-bond acceptors (Lipinski definition) is 4. The second-order valence-electron chi connectivity index (χ2n) is 4.64. The van der Waals surface area contributed by atoms with E-state index in [2.05, 4.69) is 21.1 Å². The van der Waals surface area contributed by atoms with Gasteiger partial charge in [-0.3, -0.25) is 4.79 Å². The van der Waals surface area contributed by atoms with Crippen molar-refractivity contribution in [3.63, 3.8) is 0 Å². The Labute approximate surface area is 111 Å². The maximum Gasteiger partial charge on any atom is 0.320 e. The average molecular weight is 266 g/mol. The van der Waals surface area contributed by atoms with Gasteiger partial charge >= 0.3 is 6.03 Å². The van der Waals surface area contributed by atoms with Crippen LogP contribution < -0.4 is 16.0 Å². The molecule has 0 unspecified atom stereocenters. The molecule has 1 fully saturated rings. The first kappa shape index (κ1) is 13.4. The van der Waals surface area contributed by atoms with Crippen LogP contribution in [0.3, 0.4) is 0 Å². The Hall–Kier alpha value is -2.05. The van der Waals surface area contributed by atoms with Gasteiger partial charge in [-0.1, -0.05) is 5.16 Å². The number of aryl methyl sites for hydroxylation is 2. The summed E-state index contributed by atoms with van der Waals surface area (Å²) in [4.78, 5) is 23.6. The standard InChI is InChI=1S/C12H18N4O3/c1-7-10(8(2)19-16-7)15-12(18)14-9-5-3-4-6-13-11(9)17/h9H,3-6H2,1-2H3,(H,13,17)(H2,14,15,18)/t9-/m0/s1. The SMILES string of the molecule is Cc1noc(C)c1NC(=O)N[C@H]1CCCCNC1=O. The number of rotatable bonds is 2. The number of amides is 3. The molecule has 0 saturated carbocycles. The normalized spacial score (nSPS) is 19.5. The molecule has 7 heteroatoms. The third-order valence-electron chi connectivity index (χ3n) is 3.11. The molecule has 104 valence electrons. The minimum atomic E-state index is -0.483. The highest BCUT2D eigenvalue weighted by molar-refractivity contribution is 5.94. The van der Waals surface area contributed by atoms with Crippen molar-refractivity contribution < 1.29 is 14.1 Å². The topological polar surface area (TPSA) is 96.3 Å². The van der Waals surface area contributed by atoms with E-state index in [1.54, 1.807) is 13.8 Å². The molecule has 2 heterocycles. The zero-order chi connectivity index (χ0) is 13.8. The number of carbonyl (C=O) groups is 2. The van der Waals surface area contributed by atoms with E-state index in [1.165, 1.54) is 0 Å². The zero-order valence-electron chi connectivity index (χ0n) is 11.1. The van der Waals surface area contributed by atoms with Gasteiger partial charge in [-0.05, 0) is 33.1 Å². The van der Waals surface area contributed by atoms with E-state index in [4.69, 9.17) is 4.52 Å². The molecule has 7 nitrogen and oxygen atoms in total. The Bertz CT molecular complexity index is 464. The van der Waals surface area contributed by atoms with E-state index in [0.717, 1.165) is 12.8 Å². The Morgan fingerprint density at radius 2 is 2.21 bits per heavy atom. The number of carbonyl (C=O) groups excluding carboxylic acids is 2. The van der Waals surface area contributed by atoms with Crippen LogP contribution in [0.1, 0.15) is 30.7 Å². The molecular formula is C12H18N4O3. The molecule has 0 radical (unpaired) electrons. The number of aromatic nitrogens is 1. The third kappa shape index (κ3) is 3.24. The molecule has 3 N–H and O–H groups in total. The molecule has 0 aromatic carbocycles. The van der Waals surface area contributed by atoms with Gasteiger partial charge in [0.25, 0.3) is 0 Å². The van der Waals surface area contributed by atoms with Crippen LogP contribution in [0.25, 0.3) is 0 Å². The van der Waals surface area contributed by atoms with Crippen LogP contribution in [0.15, 0.2) is 4.52 Å². The van der Waals surface area contributed by atoms with Gasteiger partial charge < -0.3 is 20.5 Å². The fraction of sp³-hybridized carbons (Fsp3) is 0.583. The monoisotopic (exact) mass is 266 g/mol. The molecule has 2 rings (SSSR count). The quantitative estimate of drug-likeness (QED) is 0.746. The van der Waals surface area contributed by atoms with E-state index in [1.807, 2.05) is 0 Å². The summed E-state index contributed by atoms with van der Waals surface area (Å²) in [6, 6.07) is -0.903. The number of urea groups is 1. The molecule has 1 aromatic rings. The van der Waals surface area contributed by atoms with Gasteiger partial charge in [0, 0.05) is 6.54 Å². The lowest BCUT2D eigenvalue weighted by Gasteiger charge is -2.15. The van der Waals surface area contributed by atoms with Crippen molar-refractivity contribution in [1.82, 2.24) is 15.8 Å². The lowest BCUT2D eigenvalue weighted by atomic mass is 10.1. The van der Waals surface area contributed by atoms with Gasteiger partial charge in [0.15, 0.2) is 5.76 Å². The van der Waals surface area contributed by atoms with Crippen molar-refractivity contribution in [2.24, 2.45) is 0 Å². The van der Waals surface area contributed by atoms with Crippen LogP contribution in [-0.2, 0) is 4.79 Å². The summed E-state index contributed by atoms with van der Waals surface area (Å²) in [7, 11) is 0. The van der Waals surface area contributed by atoms with Crippen molar-refractivity contribution in [2.75, 3.05) is 11.9 Å². The van der Waals surface area contributed by atoms with Crippen molar-refractivity contribution in [3.05, 3.63) is 11.5 Å². The Balaban J connectivity index is 1.95. The van der Waals surface area contributed by atoms with Gasteiger partial charge in [-0.15, -0.1) is 0 Å². The first-order valence-corrected chi connectivity index (χ1v) is 6.36. The summed E-state index contributed by atoms with van der Waals surface area (Å²) in [6.45, 7) is 4.13. The Morgan fingerprint density at radius 3 is 2.89 bits per heavy atom. The van der Waals surface area contributed by atoms with Crippen LogP contribution in [-0.4, -0.2) is 29.7 Å². The van der Waals surface area contributed by atoms with Crippen LogP contribution in [0.4, 0.5) is 10.5 Å². The molecule has 1 aromatic heterocycles. The fourth-order valence-electron chi connectivity index (χ4n) is 2.05. The molecule has 1 saturated heterocycles. The number of hydrogen-bond donors (Lipinski definition) is 3. The summed E-state index contributed by atoms with van der Waals surface area (Å²) in [5, 5.41) is 11.8. The molecule has 0 bridgehead atoms. The van der Waals surface area contributed by atoms with Gasteiger partial charge in [-0.2, -0.15) is 0 Å². The van der Waals surface area contributed by atoms with Gasteiger partial charge in [0.05, 0.1) is 0 Å². The van der Waals surface area contributed by atoms with Crippen LogP contribution in [0, 0.1) is 13.8 Å². The number of nitrogens with one attached hydrogen (secondary N) is 3. The molecule has 19 heavy (non-hydrogen) atoms. The second-order valence-corrected chi connectivity index (χ2v) is 4.64. The van der Waals surface area contributed by atoms with E-state index in [-0.39, 0.29) is 5.91 Å². The van der Waals surface area contributed by atoms with E-state index in [9.17, 15) is 9.59 Å². The number of anilines is 1. The maximum atomic E-state index is 11.9. The number of nitrogens with zero attached hydrogens (tertiary/aromatic N) is 1. The molecule has 0 aliphatic carbocycles. The summed E-state index contributed by atoms with van der Waals surface area (Å²) < 4.78 is 4.96. The van der Waals surface area contributed by atoms with Crippen LogP contribution in [0.5, 0.6) is 0 Å². The lowest BCUT2D eigenvalue weighted by Crippen LogP contribution is -2.47. The van der Waals surface area contributed by atoms with Crippen LogP contribution in [0.2, 0.25) is 0 Å². The predicted molar refractivity (Wildman–Crippen MR) is 68.8 cm³/mol. The summed E-state index contributed by atoms with van der Waals surface area (Å²) in [6.07, 6.45) is 2.51. The molecular weight excluding hydrogens is 248 g/mol. The largest absolute Gasteiger partial charge is 0.359 e. The zero-order valence-corrected chi connectivity index (χ0v) is 11.1. The van der Waals surface area contributed by atoms with Crippen molar-refractivity contribution in [1.29, 1.82) is 0 Å². The minimum Gasteiger partial charge on any atom is -0.359 e. The predicted octanol–water partition coefficient (Wildman–Crippen LogP) is 1.08. The van der Waals surface area contributed by atoms with Gasteiger partial charge in [0.2, 0.25) is 5.91 Å². The molecule has 0 spiro atoms. The first-order valence-electron chi connectivity index (χ1n) is 6.36. The molecule has 1 aliphatic heterocycles. The van der Waals surface area contributed by atoms with E-state index in [0.29, 0.717) is 30.1 Å². The summed E-state index contributed by atoms with van der Waals surface area (Å²) >= 11 is 0. The molecule has 1 atom stereocenters. The minimum absolute atomic E-state index is 0.133. The summed E-state index contributed by atoms with van der Waals surface area (Å²) in [5.74, 6) is 0.407. The lowest BCUT2D eigenvalue weighted by molar-refractivity contribution is -0.122. The average Bonchev–Trinajstić information content (AvgIpc) is 2.57. The van der Waals surface area contributed by atoms with Gasteiger partial charge in [-0.25, -0.2) is 4.79 Å². The van der Waals surface area contributed by atoms with Crippen LogP contribution >= 0.6 is 0 Å². The van der Waals surface area contributed by atoms with Crippen molar-refractivity contribution in [2.45, 2.75) is 39.2 Å². The first-order chi connectivity index (χ1) is 9.08. The van der Waals surface area contributed by atoms with Crippen molar-refractivity contribution >= 4 is 17.6 Å². The highest BCUT2D eigenvalue weighted by Gasteiger charge is 2.23. The Kier molecular flexibility index (Phi) is 4.03. The van der Waals surface area contributed by atoms with Gasteiger partial charge in [0.1, 0.15) is 17.4 Å². The highest BCUT2D eigenvalue weighted by Crippen LogP contribution is 2.18. The van der Waals surface area contributed by atoms with Crippen molar-refractivity contribution in [3.8, 4) is 0 Å². The Morgan fingerprint density at radius 1 is 1.42 bits per heavy atom. The maximum absolute atomic E-state index is 11.9. The highest BCUT2D eigenvalue weighted by atomic mass is 16.5. The summed E-state index contributed by atoms with van der Waals surface area (Å²) in [5.41, 5.74) is 1.16. The second kappa shape index (κ2) is 5.73.